The van der Waals surface area contributed by atoms with Crippen LogP contribution in [-0.4, -0.2) is 11.7 Å². The largest absolute Gasteiger partial charge is 0.358 e. The normalized spacial score (nSPS) is 18.0. The molecule has 0 saturated heterocycles. The highest BCUT2D eigenvalue weighted by molar-refractivity contribution is 7.80. The summed E-state index contributed by atoms with van der Waals surface area (Å²) in [6, 6.07) is 0. The van der Waals surface area contributed by atoms with Crippen LogP contribution < -0.4 is 16.2 Å². The number of allylic oxidation sites excluding steroid dienone is 2. The molecule has 3 nitrogen and oxygen atoms in total. The monoisotopic (exact) mass is 223 g/mol. The molecule has 0 spiro atoms. The van der Waals surface area contributed by atoms with E-state index in [0.717, 1.165) is 5.92 Å². The van der Waals surface area contributed by atoms with E-state index >= 15 is 0 Å². The van der Waals surface area contributed by atoms with Gasteiger partial charge in [0.15, 0.2) is 5.11 Å². The van der Waals surface area contributed by atoms with Crippen molar-refractivity contribution in [2.24, 2.45) is 5.92 Å². The Morgan fingerprint density at radius 2 is 2.13 bits per heavy atom. The van der Waals surface area contributed by atoms with Crippen LogP contribution in [0.25, 0.3) is 0 Å². The lowest BCUT2D eigenvalue weighted by Gasteiger charge is -2.13. The Hall–Kier alpha value is -1.03. The molecule has 2 aliphatic carbocycles. The van der Waals surface area contributed by atoms with Gasteiger partial charge in [-0.1, -0.05) is 6.08 Å². The second-order valence-electron chi connectivity index (χ2n) is 4.04. The number of hydrazine groups is 1. The molecular formula is C11H17N3S. The fraction of sp³-hybridized carbons (Fsp3) is 0.545. The molecule has 0 heterocycles. The third kappa shape index (κ3) is 3.23. The Bertz CT molecular complexity index is 299. The average molecular weight is 223 g/mol. The molecule has 0 aromatic carbocycles. The van der Waals surface area contributed by atoms with Crippen LogP contribution in [0.2, 0.25) is 0 Å². The number of hydrogen-bond donors (Lipinski definition) is 3. The van der Waals surface area contributed by atoms with Crippen molar-refractivity contribution in [1.82, 2.24) is 16.2 Å². The van der Waals surface area contributed by atoms with E-state index in [2.05, 4.69) is 22.7 Å². The Morgan fingerprint density at radius 1 is 1.40 bits per heavy atom. The SMILES string of the molecule is C=CCNC(=S)NNC(=C1CC1)C1CC1. The first-order chi connectivity index (χ1) is 7.31. The van der Waals surface area contributed by atoms with E-state index in [1.54, 1.807) is 11.6 Å². The van der Waals surface area contributed by atoms with Crippen LogP contribution in [0.3, 0.4) is 0 Å². The molecule has 0 aromatic rings. The molecule has 4 heteroatoms. The van der Waals surface area contributed by atoms with Gasteiger partial charge in [0.2, 0.25) is 0 Å². The number of rotatable bonds is 5. The minimum atomic E-state index is 0.634. The maximum absolute atomic E-state index is 5.10. The van der Waals surface area contributed by atoms with Gasteiger partial charge in [-0.05, 0) is 43.5 Å². The number of hydrogen-bond acceptors (Lipinski definition) is 2. The fourth-order valence-corrected chi connectivity index (χ4v) is 1.65. The molecule has 2 aliphatic rings. The van der Waals surface area contributed by atoms with E-state index in [1.807, 2.05) is 0 Å². The summed E-state index contributed by atoms with van der Waals surface area (Å²) in [7, 11) is 0. The molecule has 0 aliphatic heterocycles. The van der Waals surface area contributed by atoms with E-state index in [4.69, 9.17) is 12.2 Å². The molecule has 0 aromatic heterocycles. The van der Waals surface area contributed by atoms with Crippen LogP contribution in [-0.2, 0) is 0 Å². The zero-order valence-electron chi connectivity index (χ0n) is 8.81. The zero-order valence-corrected chi connectivity index (χ0v) is 9.62. The summed E-state index contributed by atoms with van der Waals surface area (Å²) in [5, 5.41) is 3.66. The predicted octanol–water partition coefficient (Wildman–Crippen LogP) is 1.60. The fourth-order valence-electron chi connectivity index (χ4n) is 1.52. The second-order valence-corrected chi connectivity index (χ2v) is 4.45. The van der Waals surface area contributed by atoms with Crippen LogP contribution in [0, 0.1) is 5.92 Å². The molecule has 0 atom stereocenters. The first-order valence-electron chi connectivity index (χ1n) is 5.44. The highest BCUT2D eigenvalue weighted by Gasteiger charge is 2.31. The van der Waals surface area contributed by atoms with Gasteiger partial charge in [-0.25, -0.2) is 0 Å². The van der Waals surface area contributed by atoms with E-state index in [-0.39, 0.29) is 0 Å². The maximum Gasteiger partial charge on any atom is 0.185 e. The quantitative estimate of drug-likeness (QED) is 0.376. The van der Waals surface area contributed by atoms with Crippen molar-refractivity contribution in [3.8, 4) is 0 Å². The maximum atomic E-state index is 5.10. The Labute approximate surface area is 96.0 Å². The summed E-state index contributed by atoms with van der Waals surface area (Å²) < 4.78 is 0. The summed E-state index contributed by atoms with van der Waals surface area (Å²) in [6.07, 6.45) is 6.94. The van der Waals surface area contributed by atoms with Crippen molar-refractivity contribution in [2.45, 2.75) is 25.7 Å². The van der Waals surface area contributed by atoms with Gasteiger partial charge in [0.05, 0.1) is 0 Å². The van der Waals surface area contributed by atoms with Crippen LogP contribution in [0.15, 0.2) is 23.9 Å². The summed E-state index contributed by atoms with van der Waals surface area (Å²) in [4.78, 5) is 0. The van der Waals surface area contributed by atoms with Gasteiger partial charge in [0, 0.05) is 18.2 Å². The topological polar surface area (TPSA) is 36.1 Å². The zero-order chi connectivity index (χ0) is 10.7. The average Bonchev–Trinajstić information content (AvgIpc) is 3.05. The molecule has 3 N–H and O–H groups in total. The van der Waals surface area contributed by atoms with Crippen molar-refractivity contribution in [3.05, 3.63) is 23.9 Å². The van der Waals surface area contributed by atoms with Crippen molar-refractivity contribution < 1.29 is 0 Å². The summed E-state index contributed by atoms with van der Waals surface area (Å²) >= 11 is 5.10. The van der Waals surface area contributed by atoms with Crippen LogP contribution >= 0.6 is 12.2 Å². The molecule has 82 valence electrons. The van der Waals surface area contributed by atoms with Gasteiger partial charge in [-0.3, -0.25) is 5.43 Å². The van der Waals surface area contributed by atoms with Crippen molar-refractivity contribution in [1.29, 1.82) is 0 Å². The van der Waals surface area contributed by atoms with E-state index < -0.39 is 0 Å². The third-order valence-electron chi connectivity index (χ3n) is 2.58. The molecule has 0 bridgehead atoms. The molecule has 2 saturated carbocycles. The molecule has 2 rings (SSSR count). The summed E-state index contributed by atoms with van der Waals surface area (Å²) in [5.74, 6) is 0.761. The van der Waals surface area contributed by atoms with E-state index in [1.165, 1.54) is 31.4 Å². The summed E-state index contributed by atoms with van der Waals surface area (Å²) in [6.45, 7) is 4.32. The van der Waals surface area contributed by atoms with Gasteiger partial charge >= 0.3 is 0 Å². The van der Waals surface area contributed by atoms with Crippen molar-refractivity contribution >= 4 is 17.3 Å². The standard InChI is InChI=1S/C11H17N3S/c1-2-7-12-11(15)14-13-10(8-3-4-8)9-5-6-9/h2,8,13H,1,3-7H2,(H2,12,14,15). The summed E-state index contributed by atoms with van der Waals surface area (Å²) in [5.41, 5.74) is 9.22. The van der Waals surface area contributed by atoms with Crippen LogP contribution in [0.1, 0.15) is 25.7 Å². The lowest BCUT2D eigenvalue weighted by Crippen LogP contribution is -2.43. The molecule has 2 fully saturated rings. The Kier molecular flexibility index (Phi) is 3.26. The number of nitrogens with one attached hydrogen (secondary N) is 3. The smallest absolute Gasteiger partial charge is 0.185 e. The molecule has 0 unspecified atom stereocenters. The van der Waals surface area contributed by atoms with Crippen molar-refractivity contribution in [3.63, 3.8) is 0 Å². The first kappa shape index (κ1) is 10.5. The highest BCUT2D eigenvalue weighted by atomic mass is 32.1. The lowest BCUT2D eigenvalue weighted by atomic mass is 10.3. The van der Waals surface area contributed by atoms with Gasteiger partial charge in [0.1, 0.15) is 0 Å². The molecule has 0 amide bonds. The third-order valence-corrected chi connectivity index (χ3v) is 2.83. The predicted molar refractivity (Wildman–Crippen MR) is 66.1 cm³/mol. The first-order valence-corrected chi connectivity index (χ1v) is 5.84. The van der Waals surface area contributed by atoms with E-state index in [9.17, 15) is 0 Å². The van der Waals surface area contributed by atoms with Crippen LogP contribution in [0.4, 0.5) is 0 Å². The van der Waals surface area contributed by atoms with Crippen LogP contribution in [0.5, 0.6) is 0 Å². The lowest BCUT2D eigenvalue weighted by molar-refractivity contribution is 0.692. The highest BCUT2D eigenvalue weighted by Crippen LogP contribution is 2.42. The van der Waals surface area contributed by atoms with E-state index in [0.29, 0.717) is 11.7 Å². The number of thiocarbonyl (C=S) groups is 1. The molecular weight excluding hydrogens is 206 g/mol. The minimum Gasteiger partial charge on any atom is -0.358 e. The van der Waals surface area contributed by atoms with Gasteiger partial charge in [0.25, 0.3) is 0 Å². The van der Waals surface area contributed by atoms with Gasteiger partial charge < -0.3 is 10.7 Å². The van der Waals surface area contributed by atoms with Gasteiger partial charge in [-0.2, -0.15) is 0 Å². The minimum absolute atomic E-state index is 0.634. The second kappa shape index (κ2) is 4.66. The van der Waals surface area contributed by atoms with Gasteiger partial charge in [-0.15, -0.1) is 6.58 Å². The molecule has 0 radical (unpaired) electrons. The Morgan fingerprint density at radius 3 is 2.67 bits per heavy atom. The molecule has 15 heavy (non-hydrogen) atoms. The Balaban J connectivity index is 1.74. The van der Waals surface area contributed by atoms with Crippen molar-refractivity contribution in [2.75, 3.05) is 6.54 Å².